The van der Waals surface area contributed by atoms with Crippen molar-refractivity contribution in [3.8, 4) is 0 Å². The van der Waals surface area contributed by atoms with Gasteiger partial charge in [-0.1, -0.05) is 361 Å². The lowest BCUT2D eigenvalue weighted by atomic mass is 10.0. The second-order valence-electron chi connectivity index (χ2n) is 23.9. The Morgan fingerprint density at radius 2 is 0.554 bits per heavy atom. The monoisotopic (exact) mass is 1050 g/mol. The standard InChI is InChI=1S/C68H135NO5/c1-3-5-7-9-11-13-15-17-19-21-22-23-25-29-32-36-40-44-48-52-56-60-66(71)65(64-70)69-67(72)61-57-53-49-45-41-37-33-30-26-24-27-31-35-39-43-47-51-55-59-63-74-68(73)62-58-54-50-46-42-38-34-28-20-18-16-14-12-10-8-6-4-2/h65-66,70-71H,3-64H2,1-2H3,(H,69,72). The first-order valence-corrected chi connectivity index (χ1v) is 34.3. The van der Waals surface area contributed by atoms with Crippen LogP contribution in [0.25, 0.3) is 0 Å². The number of unbranched alkanes of at least 4 members (excludes halogenated alkanes) is 54. The summed E-state index contributed by atoms with van der Waals surface area (Å²) < 4.78 is 5.50. The number of amides is 1. The lowest BCUT2D eigenvalue weighted by Crippen LogP contribution is -2.45. The number of hydrogen-bond donors (Lipinski definition) is 3. The van der Waals surface area contributed by atoms with E-state index in [0.29, 0.717) is 25.9 Å². The number of carbonyl (C=O) groups excluding carboxylic acids is 2. The van der Waals surface area contributed by atoms with Crippen LogP contribution in [-0.4, -0.2) is 47.4 Å². The first kappa shape index (κ1) is 72.9. The second kappa shape index (κ2) is 64.4. The third-order valence-corrected chi connectivity index (χ3v) is 16.4. The molecule has 2 unspecified atom stereocenters. The molecule has 1 amide bonds. The van der Waals surface area contributed by atoms with Crippen molar-refractivity contribution in [2.45, 2.75) is 411 Å². The molecular formula is C68H135NO5. The topological polar surface area (TPSA) is 95.9 Å². The molecule has 6 nitrogen and oxygen atoms in total. The van der Waals surface area contributed by atoms with E-state index >= 15 is 0 Å². The van der Waals surface area contributed by atoms with Crippen LogP contribution in [0.5, 0.6) is 0 Å². The van der Waals surface area contributed by atoms with E-state index in [1.165, 1.54) is 327 Å². The van der Waals surface area contributed by atoms with Crippen LogP contribution in [-0.2, 0) is 14.3 Å². The highest BCUT2D eigenvalue weighted by Gasteiger charge is 2.20. The van der Waals surface area contributed by atoms with E-state index in [9.17, 15) is 19.8 Å². The third-order valence-electron chi connectivity index (χ3n) is 16.4. The number of hydrogen-bond acceptors (Lipinski definition) is 5. The van der Waals surface area contributed by atoms with Crippen molar-refractivity contribution < 1.29 is 24.5 Å². The number of carbonyl (C=O) groups is 2. The number of rotatable bonds is 65. The van der Waals surface area contributed by atoms with Gasteiger partial charge in [-0.2, -0.15) is 0 Å². The van der Waals surface area contributed by atoms with Crippen LogP contribution in [0.15, 0.2) is 0 Å². The summed E-state index contributed by atoms with van der Waals surface area (Å²) in [7, 11) is 0. The van der Waals surface area contributed by atoms with Crippen molar-refractivity contribution in [1.82, 2.24) is 5.32 Å². The van der Waals surface area contributed by atoms with Gasteiger partial charge in [-0.25, -0.2) is 0 Å². The zero-order valence-corrected chi connectivity index (χ0v) is 50.6. The summed E-state index contributed by atoms with van der Waals surface area (Å²) in [5, 5.41) is 23.4. The molecular weight excluding hydrogens is 911 g/mol. The van der Waals surface area contributed by atoms with Gasteiger partial charge in [-0.15, -0.1) is 0 Å². The summed E-state index contributed by atoms with van der Waals surface area (Å²) in [5.74, 6) is -0.0178. The fourth-order valence-electron chi connectivity index (χ4n) is 11.2. The first-order chi connectivity index (χ1) is 36.5. The van der Waals surface area contributed by atoms with Crippen LogP contribution in [0.2, 0.25) is 0 Å². The molecule has 0 aromatic rings. The maximum Gasteiger partial charge on any atom is 0.305 e. The lowest BCUT2D eigenvalue weighted by Gasteiger charge is -2.22. The summed E-state index contributed by atoms with van der Waals surface area (Å²) in [6, 6.07) is -0.543. The number of esters is 1. The minimum absolute atomic E-state index is 0.0147. The molecule has 0 bridgehead atoms. The fraction of sp³-hybridized carbons (Fsp3) is 0.971. The Morgan fingerprint density at radius 3 is 0.824 bits per heavy atom. The summed E-state index contributed by atoms with van der Waals surface area (Å²) in [6.07, 6.45) is 77.0. The SMILES string of the molecule is CCCCCCCCCCCCCCCCCCCCCCCC(O)C(CO)NC(=O)CCCCCCCCCCCCCCCCCCCCCOC(=O)CCCCCCCCCCCCCCCCCCC. The zero-order valence-electron chi connectivity index (χ0n) is 50.6. The van der Waals surface area contributed by atoms with Gasteiger partial charge in [-0.3, -0.25) is 9.59 Å². The molecule has 0 aliphatic rings. The first-order valence-electron chi connectivity index (χ1n) is 34.3. The van der Waals surface area contributed by atoms with E-state index in [1.807, 2.05) is 0 Å². The summed E-state index contributed by atoms with van der Waals surface area (Å²) >= 11 is 0. The van der Waals surface area contributed by atoms with E-state index in [4.69, 9.17) is 4.74 Å². The molecule has 0 radical (unpaired) electrons. The fourth-order valence-corrected chi connectivity index (χ4v) is 11.2. The Labute approximate surface area is 464 Å². The largest absolute Gasteiger partial charge is 0.466 e. The average molecular weight is 1050 g/mol. The van der Waals surface area contributed by atoms with E-state index in [1.54, 1.807) is 0 Å². The molecule has 0 aromatic carbocycles. The van der Waals surface area contributed by atoms with Crippen molar-refractivity contribution in [2.75, 3.05) is 13.2 Å². The van der Waals surface area contributed by atoms with Crippen molar-refractivity contribution >= 4 is 11.9 Å². The van der Waals surface area contributed by atoms with Crippen molar-refractivity contribution in [2.24, 2.45) is 0 Å². The molecule has 0 aromatic heterocycles. The summed E-state index contributed by atoms with van der Waals surface area (Å²) in [5.41, 5.74) is 0. The Bertz CT molecular complexity index is 1070. The van der Waals surface area contributed by atoms with Crippen LogP contribution in [0.1, 0.15) is 399 Å². The Morgan fingerprint density at radius 1 is 0.324 bits per heavy atom. The van der Waals surface area contributed by atoms with Crippen molar-refractivity contribution in [1.29, 1.82) is 0 Å². The number of aliphatic hydroxyl groups excluding tert-OH is 2. The number of ether oxygens (including phenoxy) is 1. The summed E-state index contributed by atoms with van der Waals surface area (Å²) in [6.45, 7) is 5.00. The number of aliphatic hydroxyl groups is 2. The molecule has 6 heteroatoms. The Hall–Kier alpha value is -1.14. The smallest absolute Gasteiger partial charge is 0.305 e. The van der Waals surface area contributed by atoms with Crippen LogP contribution in [0.4, 0.5) is 0 Å². The van der Waals surface area contributed by atoms with E-state index in [0.717, 1.165) is 38.5 Å². The van der Waals surface area contributed by atoms with Gasteiger partial charge in [0.25, 0.3) is 0 Å². The van der Waals surface area contributed by atoms with Crippen LogP contribution in [0, 0.1) is 0 Å². The maximum atomic E-state index is 12.5. The van der Waals surface area contributed by atoms with Gasteiger partial charge in [0, 0.05) is 12.8 Å². The van der Waals surface area contributed by atoms with Crippen molar-refractivity contribution in [3.05, 3.63) is 0 Å². The molecule has 0 heterocycles. The second-order valence-corrected chi connectivity index (χ2v) is 23.9. The molecule has 74 heavy (non-hydrogen) atoms. The van der Waals surface area contributed by atoms with Gasteiger partial charge in [-0.05, 0) is 25.7 Å². The Kier molecular flexibility index (Phi) is 63.4. The predicted octanol–water partition coefficient (Wildman–Crippen LogP) is 21.8. The van der Waals surface area contributed by atoms with Gasteiger partial charge in [0.05, 0.1) is 25.4 Å². The van der Waals surface area contributed by atoms with Gasteiger partial charge in [0.2, 0.25) is 5.91 Å². The molecule has 0 aliphatic carbocycles. The number of nitrogens with one attached hydrogen (secondary N) is 1. The molecule has 442 valence electrons. The molecule has 3 N–H and O–H groups in total. The highest BCUT2D eigenvalue weighted by Crippen LogP contribution is 2.19. The minimum Gasteiger partial charge on any atom is -0.466 e. The van der Waals surface area contributed by atoms with Gasteiger partial charge >= 0.3 is 5.97 Å². The Balaban J connectivity index is 3.37. The van der Waals surface area contributed by atoms with E-state index in [2.05, 4.69) is 19.2 Å². The normalized spacial score (nSPS) is 12.4. The average Bonchev–Trinajstić information content (AvgIpc) is 3.40. The molecule has 0 saturated carbocycles. The van der Waals surface area contributed by atoms with Crippen molar-refractivity contribution in [3.63, 3.8) is 0 Å². The highest BCUT2D eigenvalue weighted by molar-refractivity contribution is 5.76. The highest BCUT2D eigenvalue weighted by atomic mass is 16.5. The molecule has 0 rings (SSSR count). The molecule has 0 aliphatic heterocycles. The van der Waals surface area contributed by atoms with E-state index < -0.39 is 12.1 Å². The van der Waals surface area contributed by atoms with Crippen LogP contribution < -0.4 is 5.32 Å². The zero-order chi connectivity index (χ0) is 53.6. The molecule has 0 fully saturated rings. The van der Waals surface area contributed by atoms with Gasteiger partial charge < -0.3 is 20.3 Å². The molecule has 0 spiro atoms. The molecule has 0 saturated heterocycles. The third kappa shape index (κ3) is 60.1. The van der Waals surface area contributed by atoms with Crippen LogP contribution in [0.3, 0.4) is 0 Å². The lowest BCUT2D eigenvalue weighted by molar-refractivity contribution is -0.143. The molecule has 2 atom stereocenters. The quantitative estimate of drug-likeness (QED) is 0.0417. The predicted molar refractivity (Wildman–Crippen MR) is 324 cm³/mol. The van der Waals surface area contributed by atoms with Crippen LogP contribution >= 0.6 is 0 Å². The maximum absolute atomic E-state index is 12.5. The minimum atomic E-state index is -0.666. The van der Waals surface area contributed by atoms with Gasteiger partial charge in [0.1, 0.15) is 0 Å². The summed E-state index contributed by atoms with van der Waals surface area (Å²) in [4.78, 5) is 24.6. The van der Waals surface area contributed by atoms with E-state index in [-0.39, 0.29) is 18.5 Å². The van der Waals surface area contributed by atoms with Gasteiger partial charge in [0.15, 0.2) is 0 Å².